The number of para-hydroxylation sites is 1. The Hall–Kier alpha value is -4.19. The van der Waals surface area contributed by atoms with Crippen molar-refractivity contribution in [2.45, 2.75) is 20.8 Å². The van der Waals surface area contributed by atoms with Crippen LogP contribution in [0.2, 0.25) is 0 Å². The Morgan fingerprint density at radius 2 is 1.68 bits per heavy atom. The summed E-state index contributed by atoms with van der Waals surface area (Å²) in [6.07, 6.45) is 0. The maximum Gasteiger partial charge on any atom is 0.296 e. The second kappa shape index (κ2) is 8.30. The number of nitrogens with zero attached hydrogens (tertiary/aromatic N) is 4. The lowest BCUT2D eigenvalue weighted by atomic mass is 10.1. The number of benzene rings is 3. The Labute approximate surface area is 197 Å². The van der Waals surface area contributed by atoms with Gasteiger partial charge in [-0.25, -0.2) is 0 Å². The van der Waals surface area contributed by atoms with Crippen LogP contribution in [-0.4, -0.2) is 26.8 Å². The quantitative estimate of drug-likeness (QED) is 0.380. The van der Waals surface area contributed by atoms with E-state index < -0.39 is 0 Å². The standard InChI is InChI=1S/C28H26N4O2/c1-5-31(21-10-8-9-19(3)17-21)27(33)25-24-22-11-6-7-12-23(22)30(4)26(24)28(34)32(29-25)20-15-13-18(2)14-16-20/h6-17H,5H2,1-4H3. The third-order valence-corrected chi connectivity index (χ3v) is 6.29. The van der Waals surface area contributed by atoms with Crippen molar-refractivity contribution < 1.29 is 4.79 Å². The second-order valence-electron chi connectivity index (χ2n) is 8.59. The summed E-state index contributed by atoms with van der Waals surface area (Å²) in [7, 11) is 1.86. The lowest BCUT2D eigenvalue weighted by Crippen LogP contribution is -2.34. The molecule has 5 aromatic rings. The van der Waals surface area contributed by atoms with E-state index in [4.69, 9.17) is 0 Å². The molecule has 0 bridgehead atoms. The van der Waals surface area contributed by atoms with Crippen LogP contribution in [-0.2, 0) is 7.05 Å². The normalized spacial score (nSPS) is 11.3. The second-order valence-corrected chi connectivity index (χ2v) is 8.59. The van der Waals surface area contributed by atoms with Gasteiger partial charge in [0.05, 0.1) is 5.69 Å². The van der Waals surface area contributed by atoms with Gasteiger partial charge in [-0.05, 0) is 56.7 Å². The van der Waals surface area contributed by atoms with E-state index in [1.54, 1.807) is 4.90 Å². The molecule has 0 aliphatic heterocycles. The number of aryl methyl sites for hydroxylation is 3. The number of hydrogen-bond acceptors (Lipinski definition) is 3. The maximum atomic E-state index is 14.0. The van der Waals surface area contributed by atoms with Crippen LogP contribution >= 0.6 is 0 Å². The fraction of sp³-hybridized carbons (Fsp3) is 0.179. The van der Waals surface area contributed by atoms with Gasteiger partial charge in [-0.15, -0.1) is 0 Å². The fourth-order valence-electron chi connectivity index (χ4n) is 4.56. The van der Waals surface area contributed by atoms with E-state index in [2.05, 4.69) is 5.10 Å². The molecular formula is C28H26N4O2. The Kier molecular flexibility index (Phi) is 5.28. The first-order valence-corrected chi connectivity index (χ1v) is 11.4. The zero-order valence-corrected chi connectivity index (χ0v) is 19.7. The van der Waals surface area contributed by atoms with Crippen molar-refractivity contribution in [3.05, 3.63) is 100.0 Å². The lowest BCUT2D eigenvalue weighted by Gasteiger charge is -2.22. The van der Waals surface area contributed by atoms with Crippen LogP contribution in [0.3, 0.4) is 0 Å². The van der Waals surface area contributed by atoms with Crippen LogP contribution in [0.15, 0.2) is 77.6 Å². The number of fused-ring (bicyclic) bond motifs is 3. The minimum absolute atomic E-state index is 0.240. The van der Waals surface area contributed by atoms with Crippen LogP contribution in [0.4, 0.5) is 5.69 Å². The highest BCUT2D eigenvalue weighted by Gasteiger charge is 2.27. The Balaban J connectivity index is 1.85. The number of hydrogen-bond donors (Lipinski definition) is 0. The summed E-state index contributed by atoms with van der Waals surface area (Å²) < 4.78 is 3.21. The topological polar surface area (TPSA) is 60.1 Å². The van der Waals surface area contributed by atoms with E-state index in [1.165, 1.54) is 4.68 Å². The molecule has 0 N–H and O–H groups in total. The molecule has 0 atom stereocenters. The van der Waals surface area contributed by atoms with Crippen molar-refractivity contribution >= 4 is 33.4 Å². The highest BCUT2D eigenvalue weighted by Crippen LogP contribution is 2.30. The van der Waals surface area contributed by atoms with Gasteiger partial charge in [0, 0.05) is 35.6 Å². The fourth-order valence-corrected chi connectivity index (χ4v) is 4.56. The van der Waals surface area contributed by atoms with Crippen LogP contribution < -0.4 is 10.5 Å². The summed E-state index contributed by atoms with van der Waals surface area (Å²) in [6.45, 7) is 6.40. The van der Waals surface area contributed by atoms with E-state index in [9.17, 15) is 9.59 Å². The van der Waals surface area contributed by atoms with E-state index in [-0.39, 0.29) is 17.2 Å². The molecule has 170 valence electrons. The molecule has 34 heavy (non-hydrogen) atoms. The molecule has 0 unspecified atom stereocenters. The van der Waals surface area contributed by atoms with Crippen LogP contribution in [0.1, 0.15) is 28.5 Å². The molecule has 2 aromatic heterocycles. The number of anilines is 1. The van der Waals surface area contributed by atoms with Crippen molar-refractivity contribution in [3.63, 3.8) is 0 Å². The van der Waals surface area contributed by atoms with E-state index in [0.29, 0.717) is 23.1 Å². The molecule has 0 saturated carbocycles. The average molecular weight is 451 g/mol. The van der Waals surface area contributed by atoms with Gasteiger partial charge in [-0.2, -0.15) is 9.78 Å². The monoisotopic (exact) mass is 450 g/mol. The molecule has 5 rings (SSSR count). The Morgan fingerprint density at radius 1 is 0.941 bits per heavy atom. The van der Waals surface area contributed by atoms with Crippen molar-refractivity contribution in [1.82, 2.24) is 14.3 Å². The SMILES string of the molecule is CCN(C(=O)c1nn(-c2ccc(C)cc2)c(=O)c2c1c1ccccc1n2C)c1cccc(C)c1. The van der Waals surface area contributed by atoms with Gasteiger partial charge in [0.2, 0.25) is 0 Å². The van der Waals surface area contributed by atoms with Gasteiger partial charge in [0.15, 0.2) is 5.69 Å². The number of carbonyl (C=O) groups is 1. The van der Waals surface area contributed by atoms with E-state index in [0.717, 1.165) is 27.7 Å². The molecule has 6 nitrogen and oxygen atoms in total. The van der Waals surface area contributed by atoms with Gasteiger partial charge in [0.1, 0.15) is 5.52 Å². The predicted molar refractivity (Wildman–Crippen MR) is 137 cm³/mol. The molecule has 0 aliphatic carbocycles. The van der Waals surface area contributed by atoms with E-state index in [1.807, 2.05) is 105 Å². The lowest BCUT2D eigenvalue weighted by molar-refractivity contribution is 0.0983. The van der Waals surface area contributed by atoms with Gasteiger partial charge >= 0.3 is 0 Å². The maximum absolute atomic E-state index is 14.0. The third-order valence-electron chi connectivity index (χ3n) is 6.29. The smallest absolute Gasteiger partial charge is 0.296 e. The van der Waals surface area contributed by atoms with E-state index >= 15 is 0 Å². The molecule has 3 aromatic carbocycles. The molecule has 2 heterocycles. The largest absolute Gasteiger partial charge is 0.339 e. The molecule has 0 radical (unpaired) electrons. The minimum Gasteiger partial charge on any atom is -0.339 e. The number of carbonyl (C=O) groups excluding carboxylic acids is 1. The van der Waals surface area contributed by atoms with Crippen LogP contribution in [0.5, 0.6) is 0 Å². The van der Waals surface area contributed by atoms with Gasteiger partial charge in [-0.1, -0.05) is 48.0 Å². The highest BCUT2D eigenvalue weighted by molar-refractivity contribution is 6.20. The van der Waals surface area contributed by atoms with Crippen molar-refractivity contribution in [2.75, 3.05) is 11.4 Å². The van der Waals surface area contributed by atoms with Crippen LogP contribution in [0.25, 0.3) is 27.5 Å². The van der Waals surface area contributed by atoms with Gasteiger partial charge in [0.25, 0.3) is 11.5 Å². The van der Waals surface area contributed by atoms with Crippen molar-refractivity contribution in [1.29, 1.82) is 0 Å². The Bertz CT molecular complexity index is 1610. The van der Waals surface area contributed by atoms with Crippen LogP contribution in [0, 0.1) is 13.8 Å². The molecule has 1 amide bonds. The molecule has 6 heteroatoms. The highest BCUT2D eigenvalue weighted by atomic mass is 16.2. The minimum atomic E-state index is -0.257. The summed E-state index contributed by atoms with van der Waals surface area (Å²) in [4.78, 5) is 29.4. The molecule has 0 fully saturated rings. The van der Waals surface area contributed by atoms with Crippen molar-refractivity contribution in [3.8, 4) is 5.69 Å². The molecule has 0 saturated heterocycles. The molecular weight excluding hydrogens is 424 g/mol. The zero-order chi connectivity index (χ0) is 24.0. The average Bonchev–Trinajstić information content (AvgIpc) is 3.14. The first-order chi connectivity index (χ1) is 16.4. The number of aromatic nitrogens is 3. The summed E-state index contributed by atoms with van der Waals surface area (Å²) in [6, 6.07) is 23.2. The Morgan fingerprint density at radius 3 is 2.38 bits per heavy atom. The first kappa shape index (κ1) is 21.6. The van der Waals surface area contributed by atoms with Crippen molar-refractivity contribution in [2.24, 2.45) is 7.05 Å². The summed E-state index contributed by atoms with van der Waals surface area (Å²) in [5.74, 6) is -0.240. The van der Waals surface area contributed by atoms with Gasteiger partial charge in [-0.3, -0.25) is 9.59 Å². The summed E-state index contributed by atoms with van der Waals surface area (Å²) >= 11 is 0. The third kappa shape index (κ3) is 3.39. The summed E-state index contributed by atoms with van der Waals surface area (Å²) in [5.41, 5.74) is 4.91. The first-order valence-electron chi connectivity index (χ1n) is 11.4. The molecule has 0 spiro atoms. The number of amides is 1. The zero-order valence-electron chi connectivity index (χ0n) is 19.7. The predicted octanol–water partition coefficient (Wildman–Crippen LogP) is 5.16. The number of rotatable bonds is 4. The summed E-state index contributed by atoms with van der Waals surface area (Å²) in [5, 5.41) is 6.10. The molecule has 0 aliphatic rings. The van der Waals surface area contributed by atoms with Gasteiger partial charge < -0.3 is 9.47 Å².